The molecule has 0 saturated heterocycles. The highest BCUT2D eigenvalue weighted by molar-refractivity contribution is 5.93. The third-order valence-corrected chi connectivity index (χ3v) is 4.99. The minimum atomic E-state index is -4.83. The molecule has 0 atom stereocenters. The molecule has 0 aliphatic rings. The number of halogens is 3. The van der Waals surface area contributed by atoms with Gasteiger partial charge in [0, 0.05) is 18.7 Å². The van der Waals surface area contributed by atoms with E-state index in [0.29, 0.717) is 43.2 Å². The number of aromatic nitrogens is 3. The number of alkyl halides is 3. The summed E-state index contributed by atoms with van der Waals surface area (Å²) < 4.78 is 51.0. The lowest BCUT2D eigenvalue weighted by Gasteiger charge is -2.13. The third kappa shape index (κ3) is 3.39. The predicted molar refractivity (Wildman–Crippen MR) is 107 cm³/mol. The van der Waals surface area contributed by atoms with Crippen molar-refractivity contribution in [2.45, 2.75) is 13.1 Å². The predicted octanol–water partition coefficient (Wildman–Crippen LogP) is 3.68. The van der Waals surface area contributed by atoms with Crippen molar-refractivity contribution in [3.63, 3.8) is 0 Å². The summed E-state index contributed by atoms with van der Waals surface area (Å²) in [4.78, 5) is 25.0. The molecule has 31 heavy (non-hydrogen) atoms. The van der Waals surface area contributed by atoms with E-state index in [-0.39, 0.29) is 5.69 Å². The molecule has 2 heterocycles. The maximum atomic E-state index is 13.1. The molecule has 10 heteroatoms. The molecule has 0 amide bonds. The summed E-state index contributed by atoms with van der Waals surface area (Å²) in [6.45, 7) is 1.86. The Morgan fingerprint density at radius 2 is 1.81 bits per heavy atom. The molecule has 0 radical (unpaired) electrons. The van der Waals surface area contributed by atoms with Crippen molar-refractivity contribution in [3.05, 3.63) is 74.6 Å². The Kier molecular flexibility index (Phi) is 4.72. The Labute approximate surface area is 172 Å². The van der Waals surface area contributed by atoms with Crippen LogP contribution in [0.15, 0.2) is 56.6 Å². The molecule has 0 aliphatic heterocycles. The van der Waals surface area contributed by atoms with Gasteiger partial charge in [-0.05, 0) is 48.9 Å². The Bertz CT molecular complexity index is 1430. The highest BCUT2D eigenvalue weighted by atomic mass is 19.4. The number of hydrogen-bond acceptors (Lipinski definition) is 5. The average Bonchev–Trinajstić information content (AvgIpc) is 3.13. The van der Waals surface area contributed by atoms with Crippen LogP contribution in [0, 0.1) is 6.92 Å². The van der Waals surface area contributed by atoms with Crippen LogP contribution in [0.4, 0.5) is 13.2 Å². The molecular weight excluding hydrogens is 415 g/mol. The summed E-state index contributed by atoms with van der Waals surface area (Å²) in [6, 6.07) is 10.2. The van der Waals surface area contributed by atoms with Gasteiger partial charge in [0.15, 0.2) is 5.58 Å². The number of methoxy groups -OCH3 is 1. The van der Waals surface area contributed by atoms with E-state index >= 15 is 0 Å². The standard InChI is InChI=1S/C21H16F3N3O4/c1-11-8-12(4-6-15(11)30-3)19-14-9-13(5-7-16(14)31-25-19)27-18(28)10-17(21(22,23)24)26(2)20(27)29/h4-10H,1-3H3. The first-order chi connectivity index (χ1) is 14.6. The second-order valence-electron chi connectivity index (χ2n) is 6.94. The second-order valence-corrected chi connectivity index (χ2v) is 6.94. The van der Waals surface area contributed by atoms with Gasteiger partial charge >= 0.3 is 11.9 Å². The van der Waals surface area contributed by atoms with Crippen LogP contribution in [-0.4, -0.2) is 21.4 Å². The Hall–Kier alpha value is -3.82. The first kappa shape index (κ1) is 20.5. The molecule has 0 unspecified atom stereocenters. The van der Waals surface area contributed by atoms with Crippen molar-refractivity contribution in [1.82, 2.24) is 14.3 Å². The summed E-state index contributed by atoms with van der Waals surface area (Å²) in [5, 5.41) is 4.57. The maximum Gasteiger partial charge on any atom is 0.431 e. The van der Waals surface area contributed by atoms with Gasteiger partial charge in [0.05, 0.1) is 18.2 Å². The second kappa shape index (κ2) is 7.15. The van der Waals surface area contributed by atoms with E-state index in [4.69, 9.17) is 9.26 Å². The van der Waals surface area contributed by atoms with E-state index in [1.165, 1.54) is 18.2 Å². The third-order valence-electron chi connectivity index (χ3n) is 4.99. The monoisotopic (exact) mass is 431 g/mol. The fraction of sp³-hybridized carbons (Fsp3) is 0.190. The molecule has 160 valence electrons. The molecule has 0 saturated carbocycles. The molecule has 0 N–H and O–H groups in total. The van der Waals surface area contributed by atoms with E-state index in [1.54, 1.807) is 19.2 Å². The van der Waals surface area contributed by atoms with Crippen molar-refractivity contribution >= 4 is 11.0 Å². The van der Waals surface area contributed by atoms with E-state index in [2.05, 4.69) is 5.16 Å². The molecule has 0 aliphatic carbocycles. The smallest absolute Gasteiger partial charge is 0.431 e. The van der Waals surface area contributed by atoms with Gasteiger partial charge in [-0.3, -0.25) is 9.36 Å². The largest absolute Gasteiger partial charge is 0.496 e. The lowest BCUT2D eigenvalue weighted by molar-refractivity contribution is -0.144. The van der Waals surface area contributed by atoms with Crippen molar-refractivity contribution in [3.8, 4) is 22.7 Å². The fourth-order valence-corrected chi connectivity index (χ4v) is 3.43. The van der Waals surface area contributed by atoms with Crippen LogP contribution in [0.1, 0.15) is 11.3 Å². The molecule has 0 fully saturated rings. The SMILES string of the molecule is COc1ccc(-c2noc3ccc(-n4c(=O)cc(C(F)(F)F)n(C)c4=O)cc23)cc1C. The first-order valence-corrected chi connectivity index (χ1v) is 9.07. The molecule has 4 aromatic rings. The van der Waals surface area contributed by atoms with Crippen molar-refractivity contribution in [2.75, 3.05) is 7.11 Å². The van der Waals surface area contributed by atoms with E-state index < -0.39 is 23.1 Å². The van der Waals surface area contributed by atoms with Crippen LogP contribution in [-0.2, 0) is 13.2 Å². The molecule has 0 spiro atoms. The van der Waals surface area contributed by atoms with Crippen LogP contribution in [0.3, 0.4) is 0 Å². The van der Waals surface area contributed by atoms with Crippen LogP contribution in [0.2, 0.25) is 0 Å². The highest BCUT2D eigenvalue weighted by Crippen LogP contribution is 2.32. The fourth-order valence-electron chi connectivity index (χ4n) is 3.43. The molecular formula is C21H16F3N3O4. The molecule has 4 rings (SSSR count). The Morgan fingerprint density at radius 3 is 2.45 bits per heavy atom. The number of ether oxygens (including phenoxy) is 1. The van der Waals surface area contributed by atoms with E-state index in [0.717, 1.165) is 12.6 Å². The molecule has 7 nitrogen and oxygen atoms in total. The molecule has 0 bridgehead atoms. The number of rotatable bonds is 3. The van der Waals surface area contributed by atoms with Crippen LogP contribution in [0.5, 0.6) is 5.75 Å². The molecule has 2 aromatic carbocycles. The summed E-state index contributed by atoms with van der Waals surface area (Å²) in [7, 11) is 2.52. The van der Waals surface area contributed by atoms with Gasteiger partial charge in [0.25, 0.3) is 5.56 Å². The zero-order valence-corrected chi connectivity index (χ0v) is 16.6. The minimum Gasteiger partial charge on any atom is -0.496 e. The summed E-state index contributed by atoms with van der Waals surface area (Å²) in [5.74, 6) is 0.692. The topological polar surface area (TPSA) is 79.3 Å². The molecule has 2 aromatic heterocycles. The van der Waals surface area contributed by atoms with Crippen LogP contribution >= 0.6 is 0 Å². The van der Waals surface area contributed by atoms with Crippen molar-refractivity contribution < 1.29 is 22.4 Å². The maximum absolute atomic E-state index is 13.1. The van der Waals surface area contributed by atoms with Gasteiger partial charge in [0.1, 0.15) is 17.1 Å². The number of fused-ring (bicyclic) bond motifs is 1. The average molecular weight is 431 g/mol. The first-order valence-electron chi connectivity index (χ1n) is 9.07. The highest BCUT2D eigenvalue weighted by Gasteiger charge is 2.35. The van der Waals surface area contributed by atoms with E-state index in [1.807, 2.05) is 13.0 Å². The van der Waals surface area contributed by atoms with Gasteiger partial charge in [0.2, 0.25) is 0 Å². The van der Waals surface area contributed by atoms with Crippen LogP contribution < -0.4 is 16.0 Å². The number of nitrogens with zero attached hydrogens (tertiary/aromatic N) is 3. The number of benzene rings is 2. The summed E-state index contributed by atoms with van der Waals surface area (Å²) in [5.41, 5.74) is -1.00. The minimum absolute atomic E-state index is 0.0986. The van der Waals surface area contributed by atoms with Gasteiger partial charge in [-0.25, -0.2) is 9.36 Å². The van der Waals surface area contributed by atoms with Gasteiger partial charge < -0.3 is 9.26 Å². The normalized spacial score (nSPS) is 11.8. The van der Waals surface area contributed by atoms with Gasteiger partial charge in [-0.15, -0.1) is 0 Å². The zero-order valence-electron chi connectivity index (χ0n) is 16.6. The van der Waals surface area contributed by atoms with Crippen LogP contribution in [0.25, 0.3) is 27.9 Å². The van der Waals surface area contributed by atoms with Gasteiger partial charge in [-0.1, -0.05) is 5.16 Å². The number of hydrogen-bond donors (Lipinski definition) is 0. The lowest BCUT2D eigenvalue weighted by Crippen LogP contribution is -2.40. The summed E-state index contributed by atoms with van der Waals surface area (Å²) in [6.07, 6.45) is -4.83. The zero-order chi connectivity index (χ0) is 22.5. The Morgan fingerprint density at radius 1 is 1.06 bits per heavy atom. The van der Waals surface area contributed by atoms with Crippen molar-refractivity contribution in [1.29, 1.82) is 0 Å². The quantitative estimate of drug-likeness (QED) is 0.495. The van der Waals surface area contributed by atoms with E-state index in [9.17, 15) is 22.8 Å². The number of aryl methyl sites for hydroxylation is 1. The van der Waals surface area contributed by atoms with Crippen molar-refractivity contribution in [2.24, 2.45) is 7.05 Å². The Balaban J connectivity index is 1.91. The van der Waals surface area contributed by atoms with Gasteiger partial charge in [-0.2, -0.15) is 13.2 Å². The summed E-state index contributed by atoms with van der Waals surface area (Å²) >= 11 is 0. The lowest BCUT2D eigenvalue weighted by atomic mass is 10.0.